The van der Waals surface area contributed by atoms with E-state index in [9.17, 15) is 0 Å². The van der Waals surface area contributed by atoms with Gasteiger partial charge in [0.05, 0.1) is 12.6 Å². The normalized spacial score (nSPS) is 12.9. The summed E-state index contributed by atoms with van der Waals surface area (Å²) in [5.74, 6) is 0. The number of benzene rings is 1. The summed E-state index contributed by atoms with van der Waals surface area (Å²) in [5, 5.41) is 12.7. The van der Waals surface area contributed by atoms with Crippen molar-refractivity contribution < 1.29 is 5.11 Å². The second-order valence-electron chi connectivity index (χ2n) is 2.58. The molecule has 66 valence electrons. The molecule has 0 heterocycles. The fourth-order valence-electron chi connectivity index (χ4n) is 1.06. The van der Waals surface area contributed by atoms with Gasteiger partial charge < -0.3 is 10.4 Å². The third-order valence-electron chi connectivity index (χ3n) is 1.80. The van der Waals surface area contributed by atoms with E-state index in [2.05, 4.69) is 5.32 Å². The Morgan fingerprint density at radius 3 is 2.42 bits per heavy atom. The summed E-state index contributed by atoms with van der Waals surface area (Å²) in [4.78, 5) is 0. The Kier molecular flexibility index (Phi) is 3.53. The molecule has 1 unspecified atom stereocenters. The summed E-state index contributed by atoms with van der Waals surface area (Å²) in [6.45, 7) is 0.0954. The van der Waals surface area contributed by atoms with E-state index in [-0.39, 0.29) is 12.6 Å². The van der Waals surface area contributed by atoms with Gasteiger partial charge in [-0.15, -0.1) is 0 Å². The maximum Gasteiger partial charge on any atom is 0.0626 e. The molecule has 1 aromatic rings. The fraction of sp³-hybridized carbons (Fsp3) is 0.333. The van der Waals surface area contributed by atoms with Gasteiger partial charge in [0.1, 0.15) is 0 Å². The predicted molar refractivity (Wildman–Crippen MR) is 50.3 cm³/mol. The number of nitrogens with one attached hydrogen (secondary N) is 1. The van der Waals surface area contributed by atoms with Crippen LogP contribution in [0.4, 0.5) is 0 Å². The van der Waals surface area contributed by atoms with Crippen molar-refractivity contribution in [3.8, 4) is 0 Å². The van der Waals surface area contributed by atoms with Crippen molar-refractivity contribution in [3.63, 3.8) is 0 Å². The summed E-state index contributed by atoms with van der Waals surface area (Å²) in [6.07, 6.45) is 0. The first-order chi connectivity index (χ1) is 5.77. The number of aliphatic hydroxyl groups excluding tert-OH is 1. The van der Waals surface area contributed by atoms with Gasteiger partial charge in [0.15, 0.2) is 0 Å². The maximum atomic E-state index is 8.95. The van der Waals surface area contributed by atoms with E-state index >= 15 is 0 Å². The standard InChI is InChI=1S/C9H12ClNO/c1-11-9(6-12)7-2-4-8(10)5-3-7/h2-5,9,11-12H,6H2,1H3. The van der Waals surface area contributed by atoms with Crippen LogP contribution in [0.2, 0.25) is 5.02 Å². The van der Waals surface area contributed by atoms with Crippen LogP contribution in [-0.4, -0.2) is 18.8 Å². The first-order valence-electron chi connectivity index (χ1n) is 3.81. The van der Waals surface area contributed by atoms with E-state index in [0.717, 1.165) is 5.56 Å². The van der Waals surface area contributed by atoms with E-state index in [0.29, 0.717) is 5.02 Å². The van der Waals surface area contributed by atoms with Crippen LogP contribution in [0.5, 0.6) is 0 Å². The molecular formula is C9H12ClNO. The zero-order valence-corrected chi connectivity index (χ0v) is 7.67. The van der Waals surface area contributed by atoms with Crippen molar-refractivity contribution in [2.75, 3.05) is 13.7 Å². The molecule has 1 rings (SSSR count). The molecule has 1 atom stereocenters. The van der Waals surface area contributed by atoms with Gasteiger partial charge in [-0.1, -0.05) is 23.7 Å². The first kappa shape index (κ1) is 9.52. The highest BCUT2D eigenvalue weighted by atomic mass is 35.5. The molecule has 3 heteroatoms. The largest absolute Gasteiger partial charge is 0.394 e. The molecule has 0 radical (unpaired) electrons. The summed E-state index contributed by atoms with van der Waals surface area (Å²) >= 11 is 5.72. The monoisotopic (exact) mass is 185 g/mol. The molecule has 1 aromatic carbocycles. The minimum Gasteiger partial charge on any atom is -0.394 e. The van der Waals surface area contributed by atoms with Crippen molar-refractivity contribution in [3.05, 3.63) is 34.9 Å². The van der Waals surface area contributed by atoms with Gasteiger partial charge in [-0.05, 0) is 24.7 Å². The molecule has 0 aliphatic carbocycles. The smallest absolute Gasteiger partial charge is 0.0626 e. The lowest BCUT2D eigenvalue weighted by Crippen LogP contribution is -2.19. The molecule has 0 aliphatic heterocycles. The number of hydrogen-bond donors (Lipinski definition) is 2. The Bertz CT molecular complexity index is 231. The molecular weight excluding hydrogens is 174 g/mol. The molecule has 0 bridgehead atoms. The molecule has 12 heavy (non-hydrogen) atoms. The highest BCUT2D eigenvalue weighted by Crippen LogP contribution is 2.15. The van der Waals surface area contributed by atoms with Crippen molar-refractivity contribution in [2.24, 2.45) is 0 Å². The van der Waals surface area contributed by atoms with E-state index in [1.54, 1.807) is 0 Å². The highest BCUT2D eigenvalue weighted by Gasteiger charge is 2.05. The predicted octanol–water partition coefficient (Wildman–Crippen LogP) is 1.59. The molecule has 0 amide bonds. The first-order valence-corrected chi connectivity index (χ1v) is 4.19. The minimum absolute atomic E-state index is 0.00210. The average Bonchev–Trinajstić information content (AvgIpc) is 2.10. The quantitative estimate of drug-likeness (QED) is 0.750. The van der Waals surface area contributed by atoms with Gasteiger partial charge in [0, 0.05) is 5.02 Å². The van der Waals surface area contributed by atoms with Gasteiger partial charge in [-0.2, -0.15) is 0 Å². The second-order valence-corrected chi connectivity index (χ2v) is 3.01. The molecule has 0 aromatic heterocycles. The van der Waals surface area contributed by atoms with Crippen LogP contribution in [0, 0.1) is 0 Å². The lowest BCUT2D eigenvalue weighted by molar-refractivity contribution is 0.251. The van der Waals surface area contributed by atoms with Crippen LogP contribution in [0.1, 0.15) is 11.6 Å². The SMILES string of the molecule is CNC(CO)c1ccc(Cl)cc1. The Hall–Kier alpha value is -0.570. The van der Waals surface area contributed by atoms with Crippen molar-refractivity contribution in [1.29, 1.82) is 0 Å². The molecule has 0 fully saturated rings. The third-order valence-corrected chi connectivity index (χ3v) is 2.06. The lowest BCUT2D eigenvalue weighted by Gasteiger charge is -2.12. The zero-order chi connectivity index (χ0) is 8.97. The summed E-state index contributed by atoms with van der Waals surface area (Å²) in [7, 11) is 1.81. The number of likely N-dealkylation sites (N-methyl/N-ethyl adjacent to an activating group) is 1. The van der Waals surface area contributed by atoms with Crippen molar-refractivity contribution >= 4 is 11.6 Å². The summed E-state index contributed by atoms with van der Waals surface area (Å²) in [5.41, 5.74) is 1.05. The van der Waals surface area contributed by atoms with Crippen LogP contribution >= 0.6 is 11.6 Å². The second kappa shape index (κ2) is 4.45. The van der Waals surface area contributed by atoms with E-state index in [4.69, 9.17) is 16.7 Å². The third kappa shape index (κ3) is 2.21. The zero-order valence-electron chi connectivity index (χ0n) is 6.92. The van der Waals surface area contributed by atoms with Crippen molar-refractivity contribution in [2.45, 2.75) is 6.04 Å². The highest BCUT2D eigenvalue weighted by molar-refractivity contribution is 6.30. The van der Waals surface area contributed by atoms with Crippen LogP contribution in [0.25, 0.3) is 0 Å². The van der Waals surface area contributed by atoms with E-state index in [1.807, 2.05) is 31.3 Å². The molecule has 2 N–H and O–H groups in total. The van der Waals surface area contributed by atoms with Crippen LogP contribution in [0.15, 0.2) is 24.3 Å². The number of halogens is 1. The molecule has 0 saturated carbocycles. The molecule has 0 spiro atoms. The van der Waals surface area contributed by atoms with Crippen LogP contribution < -0.4 is 5.32 Å². The topological polar surface area (TPSA) is 32.3 Å². The number of aliphatic hydroxyl groups is 1. The van der Waals surface area contributed by atoms with E-state index < -0.39 is 0 Å². The molecule has 0 aliphatic rings. The fourth-order valence-corrected chi connectivity index (χ4v) is 1.18. The van der Waals surface area contributed by atoms with Gasteiger partial charge in [0.25, 0.3) is 0 Å². The van der Waals surface area contributed by atoms with E-state index in [1.165, 1.54) is 0 Å². The lowest BCUT2D eigenvalue weighted by atomic mass is 10.1. The Labute approximate surface area is 77.2 Å². The van der Waals surface area contributed by atoms with Gasteiger partial charge >= 0.3 is 0 Å². The van der Waals surface area contributed by atoms with Crippen molar-refractivity contribution in [1.82, 2.24) is 5.32 Å². The average molecular weight is 186 g/mol. The summed E-state index contributed by atoms with van der Waals surface area (Å²) < 4.78 is 0. The van der Waals surface area contributed by atoms with Gasteiger partial charge in [-0.25, -0.2) is 0 Å². The Balaban J connectivity index is 2.80. The molecule has 0 saturated heterocycles. The van der Waals surface area contributed by atoms with Gasteiger partial charge in [0.2, 0.25) is 0 Å². The number of rotatable bonds is 3. The van der Waals surface area contributed by atoms with Crippen LogP contribution in [0.3, 0.4) is 0 Å². The Morgan fingerprint density at radius 2 is 2.00 bits per heavy atom. The maximum absolute atomic E-state index is 8.95. The van der Waals surface area contributed by atoms with Crippen LogP contribution in [-0.2, 0) is 0 Å². The number of hydrogen-bond acceptors (Lipinski definition) is 2. The molecule has 2 nitrogen and oxygen atoms in total. The minimum atomic E-state index is 0.00210. The Morgan fingerprint density at radius 1 is 1.42 bits per heavy atom. The van der Waals surface area contributed by atoms with Gasteiger partial charge in [-0.3, -0.25) is 0 Å². The summed E-state index contributed by atoms with van der Waals surface area (Å²) in [6, 6.07) is 7.44.